The summed E-state index contributed by atoms with van der Waals surface area (Å²) in [7, 11) is 0. The van der Waals surface area contributed by atoms with Crippen LogP contribution in [0, 0.1) is 6.92 Å². The molecule has 0 bridgehead atoms. The number of hydrogen-bond donors (Lipinski definition) is 0. The third kappa shape index (κ3) is 3.60. The van der Waals surface area contributed by atoms with E-state index in [2.05, 4.69) is 25.7 Å². The maximum Gasteiger partial charge on any atom is 0.417 e. The van der Waals surface area contributed by atoms with Crippen molar-refractivity contribution in [2.45, 2.75) is 31.9 Å². The molecule has 11 heteroatoms. The first-order chi connectivity index (χ1) is 14.9. The van der Waals surface area contributed by atoms with Gasteiger partial charge in [0.15, 0.2) is 5.65 Å². The molecule has 0 amide bonds. The Labute approximate surface area is 175 Å². The van der Waals surface area contributed by atoms with Gasteiger partial charge in [0, 0.05) is 25.2 Å². The molecule has 0 N–H and O–H groups in total. The number of nitrogens with zero attached hydrogens (tertiary/aromatic N) is 8. The standard InChI is InChI=1S/C20H19F3N8/c1-13-4-7-16(8-5-13)31-19(26-27-28-31)29-10-2-3-14(11-29)18-25-24-17-9-6-15(12-30(17)18)20(21,22)23/h4-9,12,14H,2-3,10-11H2,1H3. The Morgan fingerprint density at radius 3 is 2.58 bits per heavy atom. The lowest BCUT2D eigenvalue weighted by molar-refractivity contribution is -0.137. The Hall–Kier alpha value is -3.50. The van der Waals surface area contributed by atoms with Gasteiger partial charge >= 0.3 is 6.18 Å². The summed E-state index contributed by atoms with van der Waals surface area (Å²) in [6.07, 6.45) is -1.73. The van der Waals surface area contributed by atoms with Crippen LogP contribution in [-0.4, -0.2) is 47.9 Å². The second-order valence-electron chi connectivity index (χ2n) is 7.71. The van der Waals surface area contributed by atoms with Crippen LogP contribution in [0.4, 0.5) is 19.1 Å². The predicted molar refractivity (Wildman–Crippen MR) is 106 cm³/mol. The molecule has 0 radical (unpaired) electrons. The van der Waals surface area contributed by atoms with Crippen molar-refractivity contribution in [3.8, 4) is 5.69 Å². The van der Waals surface area contributed by atoms with Gasteiger partial charge in [-0.05, 0) is 54.5 Å². The van der Waals surface area contributed by atoms with Gasteiger partial charge in [-0.25, -0.2) is 0 Å². The van der Waals surface area contributed by atoms with E-state index in [1.54, 1.807) is 4.68 Å². The number of alkyl halides is 3. The Bertz CT molecular complexity index is 1210. The van der Waals surface area contributed by atoms with Crippen LogP contribution in [-0.2, 0) is 6.18 Å². The first-order valence-corrected chi connectivity index (χ1v) is 9.92. The van der Waals surface area contributed by atoms with E-state index in [1.165, 1.54) is 10.5 Å². The van der Waals surface area contributed by atoms with E-state index in [0.29, 0.717) is 24.0 Å². The summed E-state index contributed by atoms with van der Waals surface area (Å²) >= 11 is 0. The van der Waals surface area contributed by atoms with Gasteiger partial charge in [-0.15, -0.1) is 10.2 Å². The molecule has 3 aromatic heterocycles. The van der Waals surface area contributed by atoms with Gasteiger partial charge < -0.3 is 4.90 Å². The minimum Gasteiger partial charge on any atom is -0.339 e. The van der Waals surface area contributed by atoms with Gasteiger partial charge in [0.2, 0.25) is 5.95 Å². The topological polar surface area (TPSA) is 77.0 Å². The van der Waals surface area contributed by atoms with Crippen LogP contribution in [0.25, 0.3) is 11.3 Å². The van der Waals surface area contributed by atoms with Crippen molar-refractivity contribution in [2.75, 3.05) is 18.0 Å². The van der Waals surface area contributed by atoms with Crippen molar-refractivity contribution < 1.29 is 13.2 Å². The van der Waals surface area contributed by atoms with E-state index in [9.17, 15) is 13.2 Å². The van der Waals surface area contributed by atoms with Crippen LogP contribution in [0.5, 0.6) is 0 Å². The summed E-state index contributed by atoms with van der Waals surface area (Å²) < 4.78 is 42.7. The summed E-state index contributed by atoms with van der Waals surface area (Å²) in [5, 5.41) is 20.4. The highest BCUT2D eigenvalue weighted by Crippen LogP contribution is 2.32. The van der Waals surface area contributed by atoms with Crippen LogP contribution >= 0.6 is 0 Å². The van der Waals surface area contributed by atoms with Gasteiger partial charge in [0.1, 0.15) is 5.82 Å². The molecular formula is C20H19F3N8. The summed E-state index contributed by atoms with van der Waals surface area (Å²) in [6, 6.07) is 10.2. The minimum absolute atomic E-state index is 0.101. The normalized spacial score (nSPS) is 17.4. The Balaban J connectivity index is 1.46. The number of benzene rings is 1. The molecule has 1 atom stereocenters. The molecule has 1 saturated heterocycles. The second kappa shape index (κ2) is 7.33. The van der Waals surface area contributed by atoms with E-state index in [1.807, 2.05) is 36.1 Å². The third-order valence-corrected chi connectivity index (χ3v) is 5.56. The van der Waals surface area contributed by atoms with E-state index in [-0.39, 0.29) is 5.92 Å². The maximum atomic E-state index is 13.2. The van der Waals surface area contributed by atoms with Crippen LogP contribution in [0.1, 0.15) is 35.7 Å². The number of halogens is 3. The number of fused-ring (bicyclic) bond motifs is 1. The molecule has 1 aliphatic heterocycles. The first kappa shape index (κ1) is 19.5. The highest BCUT2D eigenvalue weighted by Gasteiger charge is 2.33. The van der Waals surface area contributed by atoms with E-state index in [4.69, 9.17) is 0 Å². The lowest BCUT2D eigenvalue weighted by Gasteiger charge is -2.32. The number of aryl methyl sites for hydroxylation is 1. The quantitative estimate of drug-likeness (QED) is 0.498. The SMILES string of the molecule is Cc1ccc(-n2nnnc2N2CCCC(c3nnc4ccc(C(F)(F)F)cn34)C2)cc1. The summed E-state index contributed by atoms with van der Waals surface area (Å²) in [4.78, 5) is 2.04. The largest absolute Gasteiger partial charge is 0.417 e. The van der Waals surface area contributed by atoms with Crippen LogP contribution < -0.4 is 4.90 Å². The molecule has 0 aliphatic carbocycles. The number of anilines is 1. The highest BCUT2D eigenvalue weighted by molar-refractivity contribution is 5.44. The number of pyridine rings is 1. The molecule has 0 saturated carbocycles. The fourth-order valence-corrected chi connectivity index (χ4v) is 3.96. The molecule has 1 aliphatic rings. The minimum atomic E-state index is -4.43. The fraction of sp³-hybridized carbons (Fsp3) is 0.350. The molecule has 5 rings (SSSR count). The zero-order chi connectivity index (χ0) is 21.6. The monoisotopic (exact) mass is 428 g/mol. The van der Waals surface area contributed by atoms with Gasteiger partial charge in [-0.1, -0.05) is 22.8 Å². The van der Waals surface area contributed by atoms with E-state index < -0.39 is 11.7 Å². The number of hydrogen-bond acceptors (Lipinski definition) is 6. The zero-order valence-electron chi connectivity index (χ0n) is 16.7. The van der Waals surface area contributed by atoms with Gasteiger partial charge in [0.25, 0.3) is 0 Å². The average Bonchev–Trinajstić information content (AvgIpc) is 3.41. The fourth-order valence-electron chi connectivity index (χ4n) is 3.96. The lowest BCUT2D eigenvalue weighted by Crippen LogP contribution is -2.36. The van der Waals surface area contributed by atoms with Crippen molar-refractivity contribution in [3.63, 3.8) is 0 Å². The molecule has 1 fully saturated rings. The summed E-state index contributed by atoms with van der Waals surface area (Å²) in [5.41, 5.74) is 1.64. The van der Waals surface area contributed by atoms with Crippen LogP contribution in [0.15, 0.2) is 42.6 Å². The average molecular weight is 428 g/mol. The van der Waals surface area contributed by atoms with Gasteiger partial charge in [-0.3, -0.25) is 4.40 Å². The van der Waals surface area contributed by atoms with Gasteiger partial charge in [-0.2, -0.15) is 17.9 Å². The van der Waals surface area contributed by atoms with Crippen molar-refractivity contribution >= 4 is 11.6 Å². The number of tetrazole rings is 1. The molecule has 4 heterocycles. The van der Waals surface area contributed by atoms with Crippen molar-refractivity contribution in [2.24, 2.45) is 0 Å². The highest BCUT2D eigenvalue weighted by atomic mass is 19.4. The predicted octanol–water partition coefficient (Wildman–Crippen LogP) is 3.42. The molecule has 1 aromatic carbocycles. The Morgan fingerprint density at radius 1 is 1.00 bits per heavy atom. The smallest absolute Gasteiger partial charge is 0.339 e. The number of aromatic nitrogens is 7. The summed E-state index contributed by atoms with van der Waals surface area (Å²) in [6.45, 7) is 3.28. The third-order valence-electron chi connectivity index (χ3n) is 5.56. The maximum absolute atomic E-state index is 13.2. The second-order valence-corrected chi connectivity index (χ2v) is 7.71. The van der Waals surface area contributed by atoms with Crippen molar-refractivity contribution in [1.82, 2.24) is 34.8 Å². The number of piperidine rings is 1. The lowest BCUT2D eigenvalue weighted by atomic mass is 9.97. The van der Waals surface area contributed by atoms with Crippen molar-refractivity contribution in [3.05, 3.63) is 59.5 Å². The summed E-state index contributed by atoms with van der Waals surface area (Å²) in [5.74, 6) is 1.01. The zero-order valence-corrected chi connectivity index (χ0v) is 16.7. The molecule has 31 heavy (non-hydrogen) atoms. The molecule has 4 aromatic rings. The van der Waals surface area contributed by atoms with E-state index in [0.717, 1.165) is 42.9 Å². The van der Waals surface area contributed by atoms with Crippen molar-refractivity contribution in [1.29, 1.82) is 0 Å². The molecule has 1 unspecified atom stereocenters. The van der Waals surface area contributed by atoms with Crippen LogP contribution in [0.3, 0.4) is 0 Å². The molecule has 8 nitrogen and oxygen atoms in total. The number of rotatable bonds is 3. The van der Waals surface area contributed by atoms with Crippen LogP contribution in [0.2, 0.25) is 0 Å². The molecule has 160 valence electrons. The first-order valence-electron chi connectivity index (χ1n) is 9.92. The van der Waals surface area contributed by atoms with Gasteiger partial charge in [0.05, 0.1) is 11.3 Å². The Kier molecular flexibility index (Phi) is 4.60. The Morgan fingerprint density at radius 2 is 1.81 bits per heavy atom. The van der Waals surface area contributed by atoms with E-state index >= 15 is 0 Å². The molecular weight excluding hydrogens is 409 g/mol. The molecule has 0 spiro atoms.